The number of nitrogens with zero attached hydrogens (tertiary/aromatic N) is 3. The summed E-state index contributed by atoms with van der Waals surface area (Å²) in [7, 11) is 0. The van der Waals surface area contributed by atoms with Crippen molar-refractivity contribution in [3.8, 4) is 12.1 Å². The van der Waals surface area contributed by atoms with E-state index in [9.17, 15) is 5.26 Å². The molecule has 0 aliphatic heterocycles. The number of aromatic nitrogens is 1. The molecule has 0 spiro atoms. The van der Waals surface area contributed by atoms with Gasteiger partial charge >= 0.3 is 0 Å². The Hall–Kier alpha value is -2.52. The van der Waals surface area contributed by atoms with Gasteiger partial charge in [0.05, 0.1) is 11.6 Å². The van der Waals surface area contributed by atoms with Crippen LogP contribution in [0.1, 0.15) is 35.0 Å². The van der Waals surface area contributed by atoms with Crippen LogP contribution in [-0.4, -0.2) is 4.57 Å². The van der Waals surface area contributed by atoms with E-state index in [0.29, 0.717) is 17.8 Å². The molecule has 0 bridgehead atoms. The van der Waals surface area contributed by atoms with Crippen LogP contribution in [0.5, 0.6) is 0 Å². The topological polar surface area (TPSA) is 52.5 Å². The molecule has 3 nitrogen and oxygen atoms in total. The number of aryl methyl sites for hydroxylation is 2. The van der Waals surface area contributed by atoms with Gasteiger partial charge in [-0.05, 0) is 36.6 Å². The maximum absolute atomic E-state index is 9.31. The zero-order valence-corrected chi connectivity index (χ0v) is 11.1. The smallest absolute Gasteiger partial charge is 0.123 e. The lowest BCUT2D eigenvalue weighted by atomic mass is 10.1. The van der Waals surface area contributed by atoms with Crippen molar-refractivity contribution in [2.24, 2.45) is 0 Å². The fourth-order valence-corrected chi connectivity index (χ4v) is 2.29. The average Bonchev–Trinajstić information content (AvgIpc) is 2.75. The second-order valence-corrected chi connectivity index (χ2v) is 4.48. The van der Waals surface area contributed by atoms with Crippen molar-refractivity contribution in [1.29, 1.82) is 10.5 Å². The summed E-state index contributed by atoms with van der Waals surface area (Å²) < 4.78 is 1.98. The van der Waals surface area contributed by atoms with Crippen LogP contribution in [0.15, 0.2) is 30.3 Å². The molecule has 2 rings (SSSR count). The Morgan fingerprint density at radius 2 is 1.84 bits per heavy atom. The third-order valence-electron chi connectivity index (χ3n) is 3.34. The third kappa shape index (κ3) is 2.37. The molecule has 94 valence electrons. The minimum absolute atomic E-state index is 0.568. The van der Waals surface area contributed by atoms with Gasteiger partial charge in [0.25, 0.3) is 0 Å². The summed E-state index contributed by atoms with van der Waals surface area (Å²) in [4.78, 5) is 0. The van der Waals surface area contributed by atoms with Crippen LogP contribution in [0.2, 0.25) is 0 Å². The maximum atomic E-state index is 9.31. The largest absolute Gasteiger partial charge is 0.332 e. The molecule has 1 heterocycles. The summed E-state index contributed by atoms with van der Waals surface area (Å²) in [5, 5.41) is 18.4. The highest BCUT2D eigenvalue weighted by Gasteiger charge is 2.12. The van der Waals surface area contributed by atoms with Gasteiger partial charge in [0, 0.05) is 12.2 Å². The Bertz CT molecular complexity index is 681. The Morgan fingerprint density at radius 1 is 1.11 bits per heavy atom. The standard InChI is InChI=1S/C16H15N3/c1-3-13-8-12(2)19(16(13)10-18)11-15-7-5-4-6-14(15)9-17/h4-8H,3,11H2,1-2H3. The van der Waals surface area contributed by atoms with E-state index in [2.05, 4.69) is 12.1 Å². The SMILES string of the molecule is CCc1cc(C)n(Cc2ccccc2C#N)c1C#N. The molecule has 1 aromatic carbocycles. The Morgan fingerprint density at radius 3 is 2.47 bits per heavy atom. The summed E-state index contributed by atoms with van der Waals surface area (Å²) in [6.45, 7) is 4.61. The zero-order chi connectivity index (χ0) is 13.8. The lowest BCUT2D eigenvalue weighted by molar-refractivity contribution is 0.760. The Labute approximate surface area is 113 Å². The van der Waals surface area contributed by atoms with Crippen molar-refractivity contribution in [3.63, 3.8) is 0 Å². The van der Waals surface area contributed by atoms with Gasteiger partial charge in [0.15, 0.2) is 0 Å². The van der Waals surface area contributed by atoms with Gasteiger partial charge in [-0.25, -0.2) is 0 Å². The molecule has 1 aromatic heterocycles. The minimum atomic E-state index is 0.568. The van der Waals surface area contributed by atoms with Gasteiger partial charge in [-0.3, -0.25) is 0 Å². The summed E-state index contributed by atoms with van der Waals surface area (Å²) in [5.74, 6) is 0. The van der Waals surface area contributed by atoms with E-state index >= 15 is 0 Å². The summed E-state index contributed by atoms with van der Waals surface area (Å²) in [5.41, 5.74) is 4.43. The minimum Gasteiger partial charge on any atom is -0.332 e. The molecule has 0 fully saturated rings. The number of hydrogen-bond donors (Lipinski definition) is 0. The first-order valence-corrected chi connectivity index (χ1v) is 6.28. The van der Waals surface area contributed by atoms with Gasteiger partial charge in [0.1, 0.15) is 11.8 Å². The highest BCUT2D eigenvalue weighted by molar-refractivity contribution is 5.41. The molecule has 0 aliphatic carbocycles. The van der Waals surface area contributed by atoms with Gasteiger partial charge in [-0.1, -0.05) is 25.1 Å². The van der Waals surface area contributed by atoms with Gasteiger partial charge < -0.3 is 4.57 Å². The average molecular weight is 249 g/mol. The van der Waals surface area contributed by atoms with Crippen LogP contribution < -0.4 is 0 Å². The summed E-state index contributed by atoms with van der Waals surface area (Å²) in [6, 6.07) is 14.0. The second kappa shape index (κ2) is 5.42. The van der Waals surface area contributed by atoms with Crippen molar-refractivity contribution in [2.45, 2.75) is 26.8 Å². The quantitative estimate of drug-likeness (QED) is 0.839. The van der Waals surface area contributed by atoms with E-state index in [1.54, 1.807) is 6.07 Å². The fraction of sp³-hybridized carbons (Fsp3) is 0.250. The molecule has 0 aliphatic rings. The van der Waals surface area contributed by atoms with Gasteiger partial charge in [-0.2, -0.15) is 10.5 Å². The van der Waals surface area contributed by atoms with Gasteiger partial charge in [0.2, 0.25) is 0 Å². The molecule has 0 N–H and O–H groups in total. The van der Waals surface area contributed by atoms with Crippen LogP contribution >= 0.6 is 0 Å². The van der Waals surface area contributed by atoms with Crippen molar-refractivity contribution in [3.05, 3.63) is 58.4 Å². The van der Waals surface area contributed by atoms with Crippen LogP contribution in [0.25, 0.3) is 0 Å². The second-order valence-electron chi connectivity index (χ2n) is 4.48. The summed E-state index contributed by atoms with van der Waals surface area (Å²) in [6.07, 6.45) is 0.844. The van der Waals surface area contributed by atoms with E-state index in [4.69, 9.17) is 5.26 Å². The van der Waals surface area contributed by atoms with Crippen LogP contribution in [0.4, 0.5) is 0 Å². The molecule has 0 atom stereocenters. The number of nitriles is 2. The van der Waals surface area contributed by atoms with Crippen LogP contribution in [0, 0.1) is 29.6 Å². The Balaban J connectivity index is 2.48. The highest BCUT2D eigenvalue weighted by Crippen LogP contribution is 2.19. The number of hydrogen-bond acceptors (Lipinski definition) is 2. The summed E-state index contributed by atoms with van der Waals surface area (Å²) >= 11 is 0. The molecular formula is C16H15N3. The van der Waals surface area contributed by atoms with Crippen molar-refractivity contribution in [2.75, 3.05) is 0 Å². The predicted molar refractivity (Wildman–Crippen MR) is 73.5 cm³/mol. The Kier molecular flexibility index (Phi) is 3.68. The first kappa shape index (κ1) is 12.9. The molecular weight excluding hydrogens is 234 g/mol. The van der Waals surface area contributed by atoms with Crippen molar-refractivity contribution in [1.82, 2.24) is 4.57 Å². The predicted octanol–water partition coefficient (Wildman–Crippen LogP) is 3.15. The van der Waals surface area contributed by atoms with Crippen molar-refractivity contribution < 1.29 is 0 Å². The molecule has 0 radical (unpaired) electrons. The van der Waals surface area contributed by atoms with E-state index in [1.165, 1.54) is 0 Å². The first-order chi connectivity index (χ1) is 9.21. The van der Waals surface area contributed by atoms with E-state index in [0.717, 1.165) is 23.2 Å². The lowest BCUT2D eigenvalue weighted by Gasteiger charge is -2.09. The van der Waals surface area contributed by atoms with E-state index < -0.39 is 0 Å². The number of rotatable bonds is 3. The van der Waals surface area contributed by atoms with Crippen LogP contribution in [0.3, 0.4) is 0 Å². The van der Waals surface area contributed by atoms with Crippen molar-refractivity contribution >= 4 is 0 Å². The fourth-order valence-electron chi connectivity index (χ4n) is 2.29. The molecule has 0 saturated heterocycles. The molecule has 0 amide bonds. The molecule has 0 saturated carbocycles. The molecule has 3 heteroatoms. The zero-order valence-electron chi connectivity index (χ0n) is 11.1. The highest BCUT2D eigenvalue weighted by atomic mass is 15.0. The number of benzene rings is 1. The maximum Gasteiger partial charge on any atom is 0.123 e. The molecule has 2 aromatic rings. The van der Waals surface area contributed by atoms with Crippen LogP contribution in [-0.2, 0) is 13.0 Å². The molecule has 0 unspecified atom stereocenters. The van der Waals surface area contributed by atoms with Gasteiger partial charge in [-0.15, -0.1) is 0 Å². The van der Waals surface area contributed by atoms with E-state index in [1.807, 2.05) is 42.7 Å². The molecule has 19 heavy (non-hydrogen) atoms. The normalized spacial score (nSPS) is 9.89. The monoisotopic (exact) mass is 249 g/mol. The lowest BCUT2D eigenvalue weighted by Crippen LogP contribution is -2.06. The van der Waals surface area contributed by atoms with E-state index in [-0.39, 0.29) is 0 Å². The first-order valence-electron chi connectivity index (χ1n) is 6.28. The third-order valence-corrected chi connectivity index (χ3v) is 3.34.